The molecule has 0 saturated carbocycles. The maximum Gasteiger partial charge on any atom is 0.318 e. The van der Waals surface area contributed by atoms with Crippen LogP contribution in [-0.2, 0) is 9.53 Å². The van der Waals surface area contributed by atoms with Crippen LogP contribution in [0.3, 0.4) is 0 Å². The summed E-state index contributed by atoms with van der Waals surface area (Å²) in [6.45, 7) is 5.78. The van der Waals surface area contributed by atoms with Gasteiger partial charge in [-0.05, 0) is 20.3 Å². The highest BCUT2D eigenvalue weighted by Crippen LogP contribution is 2.28. The largest absolute Gasteiger partial charge is 0.382 e. The molecule has 118 valence electrons. The van der Waals surface area contributed by atoms with Crippen LogP contribution >= 0.6 is 23.1 Å². The summed E-state index contributed by atoms with van der Waals surface area (Å²) in [6.07, 6.45) is 0.882. The van der Waals surface area contributed by atoms with E-state index >= 15 is 0 Å². The Hall–Kier alpha value is -1.39. The fraction of sp³-hybridized carbons (Fsp3) is 0.636. The van der Waals surface area contributed by atoms with Crippen molar-refractivity contribution in [2.45, 2.75) is 29.9 Å². The fourth-order valence-electron chi connectivity index (χ4n) is 1.27. The molecule has 1 heterocycles. The van der Waals surface area contributed by atoms with Crippen LogP contribution in [-0.4, -0.2) is 47.1 Å². The number of carbonyl (C=O) groups excluding carboxylic acids is 2. The van der Waals surface area contributed by atoms with Gasteiger partial charge < -0.3 is 15.8 Å². The molecule has 1 rings (SSSR count). The number of hydrogen-bond donors (Lipinski definition) is 3. The van der Waals surface area contributed by atoms with E-state index in [1.54, 1.807) is 6.92 Å². The van der Waals surface area contributed by atoms with Crippen LogP contribution in [0.2, 0.25) is 0 Å². The second kappa shape index (κ2) is 9.53. The van der Waals surface area contributed by atoms with E-state index in [9.17, 15) is 9.59 Å². The Labute approximate surface area is 131 Å². The molecule has 3 amide bonds. The third kappa shape index (κ3) is 7.25. The zero-order valence-corrected chi connectivity index (χ0v) is 13.6. The topological polar surface area (TPSA) is 119 Å². The number of carbonyl (C=O) groups is 2. The van der Waals surface area contributed by atoms with Crippen LogP contribution in [0.1, 0.15) is 20.3 Å². The quantitative estimate of drug-likeness (QED) is 0.456. The number of imide groups is 1. The zero-order chi connectivity index (χ0) is 15.7. The summed E-state index contributed by atoms with van der Waals surface area (Å²) in [4.78, 5) is 22.1. The smallest absolute Gasteiger partial charge is 0.318 e. The van der Waals surface area contributed by atoms with Crippen LogP contribution in [0.15, 0.2) is 4.34 Å². The van der Waals surface area contributed by atoms with Crippen molar-refractivity contribution in [3.05, 3.63) is 0 Å². The lowest BCUT2D eigenvalue weighted by Crippen LogP contribution is -2.39. The van der Waals surface area contributed by atoms with Crippen molar-refractivity contribution < 1.29 is 14.3 Å². The Bertz CT molecular complexity index is 468. The number of anilines is 1. The van der Waals surface area contributed by atoms with E-state index in [1.807, 2.05) is 12.2 Å². The molecule has 0 bridgehead atoms. The van der Waals surface area contributed by atoms with Gasteiger partial charge in [-0.25, -0.2) is 4.79 Å². The molecule has 10 heteroatoms. The first-order valence-electron chi connectivity index (χ1n) is 6.45. The molecule has 0 spiro atoms. The third-order valence-corrected chi connectivity index (χ3v) is 4.31. The predicted molar refractivity (Wildman–Crippen MR) is 82.6 cm³/mol. The summed E-state index contributed by atoms with van der Waals surface area (Å²) >= 11 is 2.58. The maximum atomic E-state index is 11.5. The highest BCUT2D eigenvalue weighted by atomic mass is 32.2. The van der Waals surface area contributed by atoms with E-state index in [0.717, 1.165) is 13.0 Å². The van der Waals surface area contributed by atoms with Crippen molar-refractivity contribution in [3.8, 4) is 0 Å². The van der Waals surface area contributed by atoms with Gasteiger partial charge in [0.25, 0.3) is 0 Å². The number of urea groups is 1. The van der Waals surface area contributed by atoms with E-state index in [1.165, 1.54) is 23.1 Å². The summed E-state index contributed by atoms with van der Waals surface area (Å²) < 4.78 is 5.88. The van der Waals surface area contributed by atoms with Crippen molar-refractivity contribution in [1.29, 1.82) is 0 Å². The standard InChI is InChI=1S/C11H19N5O3S2/c1-3-19-6-4-5-13-10-15-16-11(21-10)20-7(2)8(17)14-9(12)18/h7H,3-6H2,1-2H3,(H,13,15)(H3,12,14,17,18)/t7-/m0/s1. The summed E-state index contributed by atoms with van der Waals surface area (Å²) in [5.74, 6) is -0.450. The Morgan fingerprint density at radius 2 is 2.24 bits per heavy atom. The Morgan fingerprint density at radius 3 is 2.90 bits per heavy atom. The number of nitrogens with one attached hydrogen (secondary N) is 2. The highest BCUT2D eigenvalue weighted by molar-refractivity contribution is 8.02. The SMILES string of the molecule is CCOCCCNc1nnc(S[C@@H](C)C(=O)NC(N)=O)s1. The average Bonchev–Trinajstić information content (AvgIpc) is 2.85. The number of nitrogens with two attached hydrogens (primary N) is 1. The molecule has 0 aliphatic heterocycles. The van der Waals surface area contributed by atoms with Crippen molar-refractivity contribution in [2.75, 3.05) is 25.1 Å². The first-order valence-corrected chi connectivity index (χ1v) is 8.14. The molecular weight excluding hydrogens is 314 g/mol. The van der Waals surface area contributed by atoms with E-state index in [0.29, 0.717) is 22.7 Å². The van der Waals surface area contributed by atoms with E-state index in [-0.39, 0.29) is 0 Å². The first kappa shape index (κ1) is 17.7. The van der Waals surface area contributed by atoms with Gasteiger partial charge in [0, 0.05) is 19.8 Å². The number of amides is 3. The highest BCUT2D eigenvalue weighted by Gasteiger charge is 2.18. The number of nitrogens with zero attached hydrogens (tertiary/aromatic N) is 2. The number of aromatic nitrogens is 2. The zero-order valence-electron chi connectivity index (χ0n) is 11.9. The van der Waals surface area contributed by atoms with Gasteiger partial charge in [0.05, 0.1) is 5.25 Å². The lowest BCUT2D eigenvalue weighted by Gasteiger charge is -2.06. The molecule has 0 aliphatic rings. The van der Waals surface area contributed by atoms with Crippen LogP contribution in [0.5, 0.6) is 0 Å². The molecule has 0 unspecified atom stereocenters. The van der Waals surface area contributed by atoms with Gasteiger partial charge in [-0.2, -0.15) is 0 Å². The Morgan fingerprint density at radius 1 is 1.48 bits per heavy atom. The number of rotatable bonds is 9. The molecule has 0 aromatic carbocycles. The van der Waals surface area contributed by atoms with Gasteiger partial charge >= 0.3 is 6.03 Å². The molecule has 0 saturated heterocycles. The van der Waals surface area contributed by atoms with Crippen LogP contribution < -0.4 is 16.4 Å². The lowest BCUT2D eigenvalue weighted by molar-refractivity contribution is -0.119. The number of thioether (sulfide) groups is 1. The molecule has 4 N–H and O–H groups in total. The minimum Gasteiger partial charge on any atom is -0.382 e. The monoisotopic (exact) mass is 333 g/mol. The Balaban J connectivity index is 2.34. The second-order valence-electron chi connectivity index (χ2n) is 3.96. The van der Waals surface area contributed by atoms with Crippen molar-refractivity contribution in [1.82, 2.24) is 15.5 Å². The summed E-state index contributed by atoms with van der Waals surface area (Å²) in [5, 5.41) is 13.3. The Kier molecular flexibility index (Phi) is 8.01. The van der Waals surface area contributed by atoms with Crippen LogP contribution in [0, 0.1) is 0 Å². The van der Waals surface area contributed by atoms with E-state index in [2.05, 4.69) is 15.5 Å². The van der Waals surface area contributed by atoms with Gasteiger partial charge in [-0.1, -0.05) is 23.1 Å². The van der Waals surface area contributed by atoms with Crippen molar-refractivity contribution in [3.63, 3.8) is 0 Å². The maximum absolute atomic E-state index is 11.5. The van der Waals surface area contributed by atoms with Crippen molar-refractivity contribution >= 4 is 40.2 Å². The number of hydrogen-bond acceptors (Lipinski definition) is 8. The molecule has 0 radical (unpaired) electrons. The first-order chi connectivity index (χ1) is 10.0. The fourth-order valence-corrected chi connectivity index (χ4v) is 3.19. The van der Waals surface area contributed by atoms with Gasteiger partial charge in [0.1, 0.15) is 0 Å². The third-order valence-electron chi connectivity index (χ3n) is 2.25. The minimum atomic E-state index is -0.860. The lowest BCUT2D eigenvalue weighted by atomic mass is 10.4. The molecule has 21 heavy (non-hydrogen) atoms. The van der Waals surface area contributed by atoms with Crippen LogP contribution in [0.4, 0.5) is 9.93 Å². The summed E-state index contributed by atoms with van der Waals surface area (Å²) in [6, 6.07) is -0.860. The van der Waals surface area contributed by atoms with E-state index < -0.39 is 17.2 Å². The molecule has 8 nitrogen and oxygen atoms in total. The minimum absolute atomic E-state index is 0.450. The second-order valence-corrected chi connectivity index (χ2v) is 6.53. The number of ether oxygens (including phenoxy) is 1. The van der Waals surface area contributed by atoms with Gasteiger partial charge in [-0.15, -0.1) is 10.2 Å². The molecular formula is C11H19N5O3S2. The molecule has 0 fully saturated rings. The normalized spacial score (nSPS) is 11.9. The van der Waals surface area contributed by atoms with E-state index in [4.69, 9.17) is 10.5 Å². The predicted octanol–water partition coefficient (Wildman–Crippen LogP) is 1.05. The van der Waals surface area contributed by atoms with Gasteiger partial charge in [-0.3, -0.25) is 10.1 Å². The molecule has 1 aromatic rings. The van der Waals surface area contributed by atoms with Crippen molar-refractivity contribution in [2.24, 2.45) is 5.73 Å². The molecule has 1 atom stereocenters. The number of primary amides is 1. The average molecular weight is 333 g/mol. The summed E-state index contributed by atoms with van der Waals surface area (Å²) in [5.41, 5.74) is 4.89. The van der Waals surface area contributed by atoms with Gasteiger partial charge in [0.15, 0.2) is 4.34 Å². The molecule has 1 aromatic heterocycles. The van der Waals surface area contributed by atoms with Crippen LogP contribution in [0.25, 0.3) is 0 Å². The molecule has 0 aliphatic carbocycles. The summed E-state index contributed by atoms with van der Waals surface area (Å²) in [7, 11) is 0. The van der Waals surface area contributed by atoms with Gasteiger partial charge in [0.2, 0.25) is 11.0 Å².